The first-order chi connectivity index (χ1) is 11.8. The Morgan fingerprint density at radius 1 is 1.00 bits per heavy atom. The highest BCUT2D eigenvalue weighted by Crippen LogP contribution is 2.20. The molecule has 2 aromatic heterocycles. The van der Waals surface area contributed by atoms with Crippen molar-refractivity contribution in [3.05, 3.63) is 58.5 Å². The minimum Gasteiger partial charge on any atom is -0.356 e. The lowest BCUT2D eigenvalue weighted by atomic mass is 10.2. The summed E-state index contributed by atoms with van der Waals surface area (Å²) in [6, 6.07) is 10.2. The van der Waals surface area contributed by atoms with E-state index in [2.05, 4.69) is 48.0 Å². The molecule has 0 atom stereocenters. The van der Waals surface area contributed by atoms with Gasteiger partial charge in [-0.05, 0) is 39.7 Å². The summed E-state index contributed by atoms with van der Waals surface area (Å²) in [7, 11) is 0. The molecule has 24 heavy (non-hydrogen) atoms. The van der Waals surface area contributed by atoms with Gasteiger partial charge in [-0.2, -0.15) is 0 Å². The highest BCUT2D eigenvalue weighted by molar-refractivity contribution is 9.10. The van der Waals surface area contributed by atoms with E-state index >= 15 is 0 Å². The second-order valence-electron chi connectivity index (χ2n) is 6.19. The predicted octanol–water partition coefficient (Wildman–Crippen LogP) is 3.30. The molecule has 0 bridgehead atoms. The van der Waals surface area contributed by atoms with Gasteiger partial charge in [-0.15, -0.1) is 0 Å². The van der Waals surface area contributed by atoms with Crippen LogP contribution in [0.1, 0.15) is 11.3 Å². The first-order valence-corrected chi connectivity index (χ1v) is 8.95. The quantitative estimate of drug-likeness (QED) is 0.688. The molecular formula is C18H19BrN4O. The molecule has 124 valence electrons. The molecule has 3 aromatic rings. The SMILES string of the molecule is Brc1cncc(CN2CCN(Cc3noc4ccccc34)CC2)c1. The topological polar surface area (TPSA) is 45.4 Å². The van der Waals surface area contributed by atoms with Crippen molar-refractivity contribution < 1.29 is 4.52 Å². The van der Waals surface area contributed by atoms with Crippen LogP contribution in [-0.2, 0) is 13.1 Å². The average molecular weight is 387 g/mol. The molecule has 0 saturated carbocycles. The summed E-state index contributed by atoms with van der Waals surface area (Å²) >= 11 is 3.48. The van der Waals surface area contributed by atoms with E-state index < -0.39 is 0 Å². The van der Waals surface area contributed by atoms with Gasteiger partial charge in [0.2, 0.25) is 0 Å². The molecular weight excluding hydrogens is 368 g/mol. The molecule has 1 saturated heterocycles. The third-order valence-corrected chi connectivity index (χ3v) is 4.89. The Bertz CT molecular complexity index is 827. The summed E-state index contributed by atoms with van der Waals surface area (Å²) < 4.78 is 6.44. The van der Waals surface area contributed by atoms with Crippen molar-refractivity contribution in [2.45, 2.75) is 13.1 Å². The van der Waals surface area contributed by atoms with Gasteiger partial charge in [0.05, 0.1) is 0 Å². The molecule has 0 N–H and O–H groups in total. The molecule has 6 heteroatoms. The van der Waals surface area contributed by atoms with Crippen molar-refractivity contribution in [1.82, 2.24) is 19.9 Å². The van der Waals surface area contributed by atoms with Gasteiger partial charge in [-0.25, -0.2) is 0 Å². The number of halogens is 1. The Morgan fingerprint density at radius 2 is 1.75 bits per heavy atom. The standard InChI is InChI=1S/C18H19BrN4O/c19-15-9-14(10-20-11-15)12-22-5-7-23(8-6-22)13-17-16-3-1-2-4-18(16)24-21-17/h1-4,9-11H,5-8,12-13H2. The minimum absolute atomic E-state index is 0.850. The average Bonchev–Trinajstić information content (AvgIpc) is 3.00. The first kappa shape index (κ1) is 15.7. The Labute approximate surface area is 149 Å². The second-order valence-corrected chi connectivity index (χ2v) is 7.10. The van der Waals surface area contributed by atoms with Crippen LogP contribution in [0.4, 0.5) is 0 Å². The van der Waals surface area contributed by atoms with Crippen molar-refractivity contribution in [3.63, 3.8) is 0 Å². The summed E-state index contributed by atoms with van der Waals surface area (Å²) in [6.45, 7) is 6.01. The molecule has 1 aromatic carbocycles. The van der Waals surface area contributed by atoms with Crippen molar-refractivity contribution in [3.8, 4) is 0 Å². The van der Waals surface area contributed by atoms with Crippen LogP contribution in [-0.4, -0.2) is 46.1 Å². The number of nitrogens with zero attached hydrogens (tertiary/aromatic N) is 4. The van der Waals surface area contributed by atoms with E-state index in [9.17, 15) is 0 Å². The molecule has 1 aliphatic heterocycles. The van der Waals surface area contributed by atoms with Crippen molar-refractivity contribution >= 4 is 26.9 Å². The van der Waals surface area contributed by atoms with E-state index in [0.717, 1.165) is 60.4 Å². The molecule has 0 spiro atoms. The highest BCUT2D eigenvalue weighted by atomic mass is 79.9. The molecule has 0 aliphatic carbocycles. The third kappa shape index (κ3) is 3.50. The lowest BCUT2D eigenvalue weighted by Gasteiger charge is -2.34. The van der Waals surface area contributed by atoms with Crippen LogP contribution < -0.4 is 0 Å². The second kappa shape index (κ2) is 7.01. The first-order valence-electron chi connectivity index (χ1n) is 8.15. The van der Waals surface area contributed by atoms with Crippen LogP contribution in [0.5, 0.6) is 0 Å². The normalized spacial score (nSPS) is 16.7. The van der Waals surface area contributed by atoms with Gasteiger partial charge < -0.3 is 4.52 Å². The molecule has 4 rings (SSSR count). The van der Waals surface area contributed by atoms with Crippen molar-refractivity contribution in [1.29, 1.82) is 0 Å². The number of rotatable bonds is 4. The van der Waals surface area contributed by atoms with E-state index in [0.29, 0.717) is 0 Å². The minimum atomic E-state index is 0.850. The smallest absolute Gasteiger partial charge is 0.167 e. The lowest BCUT2D eigenvalue weighted by molar-refractivity contribution is 0.120. The number of piperazine rings is 1. The van der Waals surface area contributed by atoms with Gasteiger partial charge in [0.1, 0.15) is 5.69 Å². The van der Waals surface area contributed by atoms with Crippen molar-refractivity contribution in [2.24, 2.45) is 0 Å². The van der Waals surface area contributed by atoms with E-state index in [1.54, 1.807) is 0 Å². The van der Waals surface area contributed by atoms with Gasteiger partial charge in [0.25, 0.3) is 0 Å². The van der Waals surface area contributed by atoms with Crippen LogP contribution in [0.25, 0.3) is 11.0 Å². The number of benzene rings is 1. The zero-order valence-corrected chi connectivity index (χ0v) is 14.9. The maximum atomic E-state index is 5.40. The van der Waals surface area contributed by atoms with Crippen LogP contribution in [0.15, 0.2) is 51.7 Å². The Kier molecular flexibility index (Phi) is 4.60. The zero-order chi connectivity index (χ0) is 16.4. The fourth-order valence-electron chi connectivity index (χ4n) is 3.17. The zero-order valence-electron chi connectivity index (χ0n) is 13.4. The molecule has 1 aliphatic rings. The van der Waals surface area contributed by atoms with Gasteiger partial charge in [0.15, 0.2) is 5.58 Å². The Hall–Kier alpha value is -1.76. The Morgan fingerprint density at radius 3 is 2.54 bits per heavy atom. The van der Waals surface area contributed by atoms with Gasteiger partial charge in [-0.3, -0.25) is 14.8 Å². The van der Waals surface area contributed by atoms with Crippen LogP contribution in [0.3, 0.4) is 0 Å². The maximum Gasteiger partial charge on any atom is 0.167 e. The molecule has 5 nitrogen and oxygen atoms in total. The predicted molar refractivity (Wildman–Crippen MR) is 96.5 cm³/mol. The molecule has 1 fully saturated rings. The summed E-state index contributed by atoms with van der Waals surface area (Å²) in [4.78, 5) is 9.16. The van der Waals surface area contributed by atoms with E-state index in [4.69, 9.17) is 4.52 Å². The van der Waals surface area contributed by atoms with Gasteiger partial charge in [-0.1, -0.05) is 17.3 Å². The monoisotopic (exact) mass is 386 g/mol. The van der Waals surface area contributed by atoms with Crippen molar-refractivity contribution in [2.75, 3.05) is 26.2 Å². The number of hydrogen-bond donors (Lipinski definition) is 0. The lowest BCUT2D eigenvalue weighted by Crippen LogP contribution is -2.45. The fourth-order valence-corrected chi connectivity index (χ4v) is 3.58. The summed E-state index contributed by atoms with van der Waals surface area (Å²) in [5.74, 6) is 0. The van der Waals surface area contributed by atoms with E-state index in [-0.39, 0.29) is 0 Å². The van der Waals surface area contributed by atoms with Crippen LogP contribution in [0.2, 0.25) is 0 Å². The van der Waals surface area contributed by atoms with E-state index in [1.165, 1.54) is 5.56 Å². The number of hydrogen-bond acceptors (Lipinski definition) is 5. The molecule has 0 amide bonds. The maximum absolute atomic E-state index is 5.40. The van der Waals surface area contributed by atoms with E-state index in [1.807, 2.05) is 30.6 Å². The summed E-state index contributed by atoms with van der Waals surface area (Å²) in [5, 5.41) is 5.37. The largest absolute Gasteiger partial charge is 0.356 e. The number of aromatic nitrogens is 2. The number of para-hydroxylation sites is 1. The molecule has 0 unspecified atom stereocenters. The third-order valence-electron chi connectivity index (χ3n) is 4.46. The fraction of sp³-hybridized carbons (Fsp3) is 0.333. The molecule has 0 radical (unpaired) electrons. The number of fused-ring (bicyclic) bond motifs is 1. The van der Waals surface area contributed by atoms with Gasteiger partial charge >= 0.3 is 0 Å². The summed E-state index contributed by atoms with van der Waals surface area (Å²) in [6.07, 6.45) is 3.77. The Balaban J connectivity index is 1.34. The highest BCUT2D eigenvalue weighted by Gasteiger charge is 2.19. The molecule has 3 heterocycles. The van der Waals surface area contributed by atoms with Crippen LogP contribution in [0, 0.1) is 0 Å². The van der Waals surface area contributed by atoms with Crippen LogP contribution >= 0.6 is 15.9 Å². The summed E-state index contributed by atoms with van der Waals surface area (Å²) in [5.41, 5.74) is 3.16. The van der Waals surface area contributed by atoms with Gasteiger partial charge in [0, 0.05) is 61.5 Å². The number of pyridine rings is 1.